The SMILES string of the molecule is CNc1ccnc(CCSC)n1. The van der Waals surface area contributed by atoms with Crippen LogP contribution in [0.2, 0.25) is 0 Å². The number of hydrogen-bond donors (Lipinski definition) is 1. The maximum absolute atomic E-state index is 4.29. The highest BCUT2D eigenvalue weighted by Crippen LogP contribution is 2.03. The van der Waals surface area contributed by atoms with Crippen LogP contribution in [0.15, 0.2) is 12.3 Å². The molecule has 1 aromatic heterocycles. The third kappa shape index (κ3) is 2.70. The number of rotatable bonds is 4. The molecule has 0 aliphatic carbocycles. The molecule has 1 rings (SSSR count). The number of hydrogen-bond acceptors (Lipinski definition) is 4. The van der Waals surface area contributed by atoms with Gasteiger partial charge >= 0.3 is 0 Å². The van der Waals surface area contributed by atoms with Crippen molar-refractivity contribution in [3.63, 3.8) is 0 Å². The summed E-state index contributed by atoms with van der Waals surface area (Å²) in [6, 6.07) is 1.86. The Balaban J connectivity index is 2.60. The lowest BCUT2D eigenvalue weighted by molar-refractivity contribution is 0.949. The van der Waals surface area contributed by atoms with Gasteiger partial charge < -0.3 is 5.32 Å². The highest BCUT2D eigenvalue weighted by molar-refractivity contribution is 7.98. The summed E-state index contributed by atoms with van der Waals surface area (Å²) in [6.07, 6.45) is 4.81. The van der Waals surface area contributed by atoms with Crippen LogP contribution in [-0.2, 0) is 6.42 Å². The summed E-state index contributed by atoms with van der Waals surface area (Å²) in [6.45, 7) is 0. The Labute approximate surface area is 77.0 Å². The summed E-state index contributed by atoms with van der Waals surface area (Å²) < 4.78 is 0. The number of nitrogens with zero attached hydrogens (tertiary/aromatic N) is 2. The average molecular weight is 183 g/mol. The molecule has 1 aromatic rings. The van der Waals surface area contributed by atoms with Crippen LogP contribution in [0.5, 0.6) is 0 Å². The fourth-order valence-electron chi connectivity index (χ4n) is 0.852. The monoisotopic (exact) mass is 183 g/mol. The Morgan fingerprint density at radius 1 is 1.58 bits per heavy atom. The molecule has 12 heavy (non-hydrogen) atoms. The van der Waals surface area contributed by atoms with Gasteiger partial charge in [-0.1, -0.05) is 0 Å². The second-order valence-corrected chi connectivity index (χ2v) is 3.34. The Kier molecular flexibility index (Phi) is 3.87. The molecule has 0 aromatic carbocycles. The van der Waals surface area contributed by atoms with Crippen LogP contribution in [0.25, 0.3) is 0 Å². The van der Waals surface area contributed by atoms with E-state index in [4.69, 9.17) is 0 Å². The Morgan fingerprint density at radius 2 is 2.42 bits per heavy atom. The molecule has 3 nitrogen and oxygen atoms in total. The van der Waals surface area contributed by atoms with Crippen molar-refractivity contribution in [3.05, 3.63) is 18.1 Å². The molecule has 0 unspecified atom stereocenters. The molecule has 0 bridgehead atoms. The van der Waals surface area contributed by atoms with Gasteiger partial charge in [0.25, 0.3) is 0 Å². The van der Waals surface area contributed by atoms with E-state index < -0.39 is 0 Å². The van der Waals surface area contributed by atoms with Gasteiger partial charge in [-0.25, -0.2) is 9.97 Å². The third-order valence-corrected chi connectivity index (χ3v) is 2.10. The van der Waals surface area contributed by atoms with Gasteiger partial charge in [0, 0.05) is 25.4 Å². The molecule has 1 N–H and O–H groups in total. The molecule has 0 aliphatic rings. The molecule has 1 heterocycles. The van der Waals surface area contributed by atoms with E-state index in [0.717, 1.165) is 23.8 Å². The molecular weight excluding hydrogens is 170 g/mol. The lowest BCUT2D eigenvalue weighted by Gasteiger charge is -2.01. The zero-order chi connectivity index (χ0) is 8.81. The van der Waals surface area contributed by atoms with Crippen molar-refractivity contribution in [1.82, 2.24) is 9.97 Å². The van der Waals surface area contributed by atoms with Gasteiger partial charge in [-0.3, -0.25) is 0 Å². The smallest absolute Gasteiger partial charge is 0.131 e. The average Bonchev–Trinajstić information content (AvgIpc) is 2.15. The zero-order valence-corrected chi connectivity index (χ0v) is 8.19. The largest absolute Gasteiger partial charge is 0.373 e. The number of thioether (sulfide) groups is 1. The van der Waals surface area contributed by atoms with E-state index in [0.29, 0.717) is 0 Å². The van der Waals surface area contributed by atoms with Crippen molar-refractivity contribution >= 4 is 17.6 Å². The van der Waals surface area contributed by atoms with Crippen molar-refractivity contribution in [2.45, 2.75) is 6.42 Å². The van der Waals surface area contributed by atoms with Crippen molar-refractivity contribution < 1.29 is 0 Å². The van der Waals surface area contributed by atoms with Crippen LogP contribution in [-0.4, -0.2) is 29.0 Å². The molecule has 0 radical (unpaired) electrons. The molecular formula is C8H13N3S. The Hall–Kier alpha value is -0.770. The van der Waals surface area contributed by atoms with Crippen LogP contribution in [0, 0.1) is 0 Å². The fourth-order valence-corrected chi connectivity index (χ4v) is 1.24. The summed E-state index contributed by atoms with van der Waals surface area (Å²) in [5, 5.41) is 2.99. The first-order valence-corrected chi connectivity index (χ1v) is 5.25. The van der Waals surface area contributed by atoms with E-state index >= 15 is 0 Å². The maximum Gasteiger partial charge on any atom is 0.131 e. The van der Waals surface area contributed by atoms with Crippen molar-refractivity contribution in [2.24, 2.45) is 0 Å². The zero-order valence-electron chi connectivity index (χ0n) is 7.37. The molecule has 4 heteroatoms. The van der Waals surface area contributed by atoms with Crippen LogP contribution in [0.3, 0.4) is 0 Å². The predicted molar refractivity (Wildman–Crippen MR) is 53.7 cm³/mol. The van der Waals surface area contributed by atoms with Crippen LogP contribution in [0.4, 0.5) is 5.82 Å². The minimum atomic E-state index is 0.890. The summed E-state index contributed by atoms with van der Waals surface area (Å²) in [5.74, 6) is 2.88. The van der Waals surface area contributed by atoms with Gasteiger partial charge in [-0.15, -0.1) is 0 Å². The standard InChI is InChI=1S/C8H13N3S/c1-9-7-3-5-10-8(11-7)4-6-12-2/h3,5H,4,6H2,1-2H3,(H,9,10,11). The van der Waals surface area contributed by atoms with Crippen molar-refractivity contribution in [1.29, 1.82) is 0 Å². The molecule has 0 spiro atoms. The molecule has 66 valence electrons. The number of nitrogens with one attached hydrogen (secondary N) is 1. The Bertz CT molecular complexity index is 239. The molecule has 0 amide bonds. The molecule has 0 aliphatic heterocycles. The second-order valence-electron chi connectivity index (χ2n) is 2.35. The quantitative estimate of drug-likeness (QED) is 0.766. The van der Waals surface area contributed by atoms with Crippen LogP contribution in [0.1, 0.15) is 5.82 Å². The summed E-state index contributed by atoms with van der Waals surface area (Å²) >= 11 is 1.81. The van der Waals surface area contributed by atoms with Gasteiger partial charge in [-0.2, -0.15) is 11.8 Å². The first-order valence-electron chi connectivity index (χ1n) is 3.85. The number of anilines is 1. The van der Waals surface area contributed by atoms with Crippen LogP contribution < -0.4 is 5.32 Å². The normalized spacial score (nSPS) is 9.83. The predicted octanol–water partition coefficient (Wildman–Crippen LogP) is 1.42. The third-order valence-electron chi connectivity index (χ3n) is 1.49. The van der Waals surface area contributed by atoms with E-state index in [1.807, 2.05) is 24.9 Å². The van der Waals surface area contributed by atoms with Gasteiger partial charge in [0.15, 0.2) is 0 Å². The second kappa shape index (κ2) is 4.98. The van der Waals surface area contributed by atoms with Crippen molar-refractivity contribution in [2.75, 3.05) is 24.4 Å². The van der Waals surface area contributed by atoms with E-state index in [1.54, 1.807) is 6.20 Å². The van der Waals surface area contributed by atoms with E-state index in [-0.39, 0.29) is 0 Å². The lowest BCUT2D eigenvalue weighted by Crippen LogP contribution is -2.00. The molecule has 0 saturated carbocycles. The van der Waals surface area contributed by atoms with Gasteiger partial charge in [0.05, 0.1) is 0 Å². The fraction of sp³-hybridized carbons (Fsp3) is 0.500. The first kappa shape index (κ1) is 9.32. The number of aryl methyl sites for hydroxylation is 1. The summed E-state index contributed by atoms with van der Waals surface area (Å²) in [5.41, 5.74) is 0. The lowest BCUT2D eigenvalue weighted by atomic mass is 10.4. The highest BCUT2D eigenvalue weighted by atomic mass is 32.2. The first-order chi connectivity index (χ1) is 5.86. The molecule has 0 saturated heterocycles. The summed E-state index contributed by atoms with van der Waals surface area (Å²) in [4.78, 5) is 8.45. The Morgan fingerprint density at radius 3 is 3.08 bits per heavy atom. The highest BCUT2D eigenvalue weighted by Gasteiger charge is 1.96. The number of aromatic nitrogens is 2. The van der Waals surface area contributed by atoms with Gasteiger partial charge in [0.2, 0.25) is 0 Å². The van der Waals surface area contributed by atoms with Crippen molar-refractivity contribution in [3.8, 4) is 0 Å². The van der Waals surface area contributed by atoms with Gasteiger partial charge in [0.1, 0.15) is 11.6 Å². The van der Waals surface area contributed by atoms with Crippen LogP contribution >= 0.6 is 11.8 Å². The topological polar surface area (TPSA) is 37.8 Å². The van der Waals surface area contributed by atoms with Gasteiger partial charge in [-0.05, 0) is 12.3 Å². The van der Waals surface area contributed by atoms with E-state index in [2.05, 4.69) is 21.5 Å². The minimum absolute atomic E-state index is 0.890. The molecule has 0 fully saturated rings. The van der Waals surface area contributed by atoms with E-state index in [9.17, 15) is 0 Å². The maximum atomic E-state index is 4.29. The summed E-state index contributed by atoms with van der Waals surface area (Å²) in [7, 11) is 1.86. The molecule has 0 atom stereocenters. The van der Waals surface area contributed by atoms with E-state index in [1.165, 1.54) is 0 Å². The minimum Gasteiger partial charge on any atom is -0.373 e.